The molecular weight excluding hydrogens is 725 g/mol. The summed E-state index contributed by atoms with van der Waals surface area (Å²) >= 11 is 0. The summed E-state index contributed by atoms with van der Waals surface area (Å²) in [5, 5.41) is 4.87. The monoisotopic (exact) mass is 762 g/mol. The van der Waals surface area contributed by atoms with Gasteiger partial charge in [0.15, 0.2) is 0 Å². The van der Waals surface area contributed by atoms with Crippen LogP contribution in [0.3, 0.4) is 0 Å². The van der Waals surface area contributed by atoms with E-state index in [1.54, 1.807) is 0 Å². The second kappa shape index (κ2) is 12.3. The van der Waals surface area contributed by atoms with E-state index in [4.69, 9.17) is 4.74 Å². The molecule has 1 aliphatic heterocycles. The first kappa shape index (κ1) is 33.5. The molecule has 2 aliphatic carbocycles. The standard InChI is InChI=1S/C59H38O/c1-37-43(33-36-54-56(37)59(53-35-30-39-16-6-8-20-45(39)57(53)60-54)49-24-12-9-21-46(49)47-22-10-13-25-50(47)59)40-27-31-42(32-28-40)58(41-17-3-2-4-18-41)51-26-14-11-23-48(51)55-44-19-7-5-15-38(44)29-34-52(55)58/h2-36H,1H3. The van der Waals surface area contributed by atoms with Gasteiger partial charge in [-0.3, -0.25) is 0 Å². The number of hydrogen-bond acceptors (Lipinski definition) is 1. The van der Waals surface area contributed by atoms with Crippen LogP contribution in [0.15, 0.2) is 212 Å². The van der Waals surface area contributed by atoms with E-state index in [1.165, 1.54) is 99.6 Å². The highest BCUT2D eigenvalue weighted by Gasteiger charge is 2.52. The van der Waals surface area contributed by atoms with Gasteiger partial charge >= 0.3 is 0 Å². The van der Waals surface area contributed by atoms with E-state index in [0.717, 1.165) is 16.9 Å². The van der Waals surface area contributed by atoms with Gasteiger partial charge in [-0.05, 0) is 101 Å². The van der Waals surface area contributed by atoms with Gasteiger partial charge in [-0.15, -0.1) is 0 Å². The van der Waals surface area contributed by atoms with Crippen molar-refractivity contribution in [3.8, 4) is 44.9 Å². The molecular formula is C59H38O. The fourth-order valence-electron chi connectivity index (χ4n) is 11.7. The number of rotatable bonds is 3. The molecule has 280 valence electrons. The van der Waals surface area contributed by atoms with Crippen molar-refractivity contribution in [2.45, 2.75) is 17.8 Å². The van der Waals surface area contributed by atoms with Crippen LogP contribution in [0.4, 0.5) is 0 Å². The highest BCUT2D eigenvalue weighted by atomic mass is 16.5. The third-order valence-corrected chi connectivity index (χ3v) is 14.0. The lowest BCUT2D eigenvalue weighted by Crippen LogP contribution is -2.33. The molecule has 60 heavy (non-hydrogen) atoms. The van der Waals surface area contributed by atoms with E-state index in [2.05, 4.69) is 219 Å². The van der Waals surface area contributed by atoms with Crippen LogP contribution in [0.2, 0.25) is 0 Å². The Bertz CT molecular complexity index is 3370. The van der Waals surface area contributed by atoms with Crippen LogP contribution in [0.1, 0.15) is 50.1 Å². The van der Waals surface area contributed by atoms with Crippen LogP contribution in [-0.4, -0.2) is 0 Å². The van der Waals surface area contributed by atoms with E-state index in [1.807, 2.05) is 0 Å². The molecule has 0 aromatic heterocycles. The minimum atomic E-state index is -0.558. The molecule has 0 N–H and O–H groups in total. The van der Waals surface area contributed by atoms with Gasteiger partial charge in [0.2, 0.25) is 0 Å². The molecule has 1 heterocycles. The number of ether oxygens (including phenoxy) is 1. The topological polar surface area (TPSA) is 9.23 Å². The van der Waals surface area contributed by atoms with Gasteiger partial charge in [0, 0.05) is 16.5 Å². The van der Waals surface area contributed by atoms with Crippen molar-refractivity contribution in [1.82, 2.24) is 0 Å². The highest BCUT2D eigenvalue weighted by Crippen LogP contribution is 2.64. The summed E-state index contributed by atoms with van der Waals surface area (Å²) in [6, 6.07) is 78.9. The molecule has 13 rings (SSSR count). The molecule has 1 atom stereocenters. The van der Waals surface area contributed by atoms with Crippen LogP contribution in [-0.2, 0) is 10.8 Å². The zero-order valence-electron chi connectivity index (χ0n) is 33.1. The molecule has 0 saturated heterocycles. The van der Waals surface area contributed by atoms with Crippen molar-refractivity contribution >= 4 is 21.5 Å². The van der Waals surface area contributed by atoms with Crippen LogP contribution in [0.5, 0.6) is 11.5 Å². The lowest BCUT2D eigenvalue weighted by Gasteiger charge is -2.41. The Morgan fingerprint density at radius 3 is 1.58 bits per heavy atom. The van der Waals surface area contributed by atoms with E-state index in [0.29, 0.717) is 0 Å². The largest absolute Gasteiger partial charge is 0.456 e. The molecule has 1 spiro atoms. The van der Waals surface area contributed by atoms with E-state index < -0.39 is 10.8 Å². The van der Waals surface area contributed by atoms with Gasteiger partial charge in [-0.25, -0.2) is 0 Å². The summed E-state index contributed by atoms with van der Waals surface area (Å²) < 4.78 is 7.13. The molecule has 0 fully saturated rings. The summed E-state index contributed by atoms with van der Waals surface area (Å²) in [6.45, 7) is 2.31. The van der Waals surface area contributed by atoms with Gasteiger partial charge in [0.05, 0.1) is 10.8 Å². The molecule has 1 heteroatoms. The second-order valence-electron chi connectivity index (χ2n) is 16.7. The van der Waals surface area contributed by atoms with Crippen LogP contribution in [0.25, 0.3) is 54.9 Å². The smallest absolute Gasteiger partial charge is 0.140 e. The zero-order chi connectivity index (χ0) is 39.6. The molecule has 0 radical (unpaired) electrons. The molecule has 0 amide bonds. The quantitative estimate of drug-likeness (QED) is 0.174. The van der Waals surface area contributed by atoms with Crippen LogP contribution >= 0.6 is 0 Å². The van der Waals surface area contributed by atoms with Crippen molar-refractivity contribution in [2.75, 3.05) is 0 Å². The molecule has 3 aliphatic rings. The zero-order valence-corrected chi connectivity index (χ0v) is 33.1. The maximum absolute atomic E-state index is 7.13. The molecule has 1 nitrogen and oxygen atoms in total. The minimum Gasteiger partial charge on any atom is -0.456 e. The first-order valence-corrected chi connectivity index (χ1v) is 21.0. The predicted octanol–water partition coefficient (Wildman–Crippen LogP) is 14.8. The normalized spacial score (nSPS) is 16.1. The second-order valence-corrected chi connectivity index (χ2v) is 16.7. The fourth-order valence-corrected chi connectivity index (χ4v) is 11.7. The summed E-state index contributed by atoms with van der Waals surface area (Å²) in [5.74, 6) is 1.86. The molecule has 1 unspecified atom stereocenters. The van der Waals surface area contributed by atoms with Gasteiger partial charge in [-0.1, -0.05) is 206 Å². The molecule has 0 bridgehead atoms. The minimum absolute atomic E-state index is 0.484. The Hall–Kier alpha value is -7.48. The van der Waals surface area contributed by atoms with Crippen molar-refractivity contribution < 1.29 is 4.74 Å². The maximum Gasteiger partial charge on any atom is 0.140 e. The Kier molecular flexibility index (Phi) is 6.85. The summed E-state index contributed by atoms with van der Waals surface area (Å²) in [5.41, 5.74) is 18.0. The van der Waals surface area contributed by atoms with Crippen LogP contribution in [0, 0.1) is 6.92 Å². The van der Waals surface area contributed by atoms with Gasteiger partial charge in [-0.2, -0.15) is 0 Å². The van der Waals surface area contributed by atoms with Crippen molar-refractivity contribution in [3.63, 3.8) is 0 Å². The Morgan fingerprint density at radius 2 is 0.883 bits per heavy atom. The first-order valence-electron chi connectivity index (χ1n) is 21.0. The first-order chi connectivity index (χ1) is 29.7. The summed E-state index contributed by atoms with van der Waals surface area (Å²) in [4.78, 5) is 0. The predicted molar refractivity (Wildman–Crippen MR) is 246 cm³/mol. The summed E-state index contributed by atoms with van der Waals surface area (Å²) in [7, 11) is 0. The molecule has 10 aromatic carbocycles. The number of hydrogen-bond donors (Lipinski definition) is 0. The highest BCUT2D eigenvalue weighted by molar-refractivity contribution is 6.04. The van der Waals surface area contributed by atoms with E-state index in [9.17, 15) is 0 Å². The van der Waals surface area contributed by atoms with Crippen molar-refractivity contribution in [2.24, 2.45) is 0 Å². The average molecular weight is 763 g/mol. The Morgan fingerprint density at radius 1 is 0.350 bits per heavy atom. The van der Waals surface area contributed by atoms with Gasteiger partial charge in [0.1, 0.15) is 11.5 Å². The lowest BCUT2D eigenvalue weighted by molar-refractivity contribution is 0.440. The molecule has 0 saturated carbocycles. The third kappa shape index (κ3) is 4.16. The lowest BCUT2D eigenvalue weighted by atomic mass is 9.64. The van der Waals surface area contributed by atoms with Gasteiger partial charge in [0.25, 0.3) is 0 Å². The fraction of sp³-hybridized carbons (Fsp3) is 0.0508. The van der Waals surface area contributed by atoms with Gasteiger partial charge < -0.3 is 4.74 Å². The van der Waals surface area contributed by atoms with E-state index >= 15 is 0 Å². The molecule has 10 aromatic rings. The van der Waals surface area contributed by atoms with E-state index in [-0.39, 0.29) is 0 Å². The average Bonchev–Trinajstić information content (AvgIpc) is 3.78. The SMILES string of the molecule is Cc1c(-c2ccc(C3(c4ccccc4)c4ccccc4-c4c3ccc3ccccc43)cc2)ccc2c1C1(c3ccccc3-c3ccccc31)c1ccc3ccccc3c1O2. The number of benzene rings is 10. The Balaban J connectivity index is 1.04. The Labute approximate surface area is 349 Å². The van der Waals surface area contributed by atoms with Crippen molar-refractivity contribution in [1.29, 1.82) is 0 Å². The van der Waals surface area contributed by atoms with Crippen molar-refractivity contribution in [3.05, 3.63) is 262 Å². The maximum atomic E-state index is 7.13. The summed E-state index contributed by atoms with van der Waals surface area (Å²) in [6.07, 6.45) is 0. The number of fused-ring (bicyclic) bond motifs is 16. The van der Waals surface area contributed by atoms with Crippen LogP contribution < -0.4 is 4.74 Å². The third-order valence-electron chi connectivity index (χ3n) is 14.0.